The van der Waals surface area contributed by atoms with Gasteiger partial charge in [-0.05, 0) is 0 Å². The van der Waals surface area contributed by atoms with E-state index in [9.17, 15) is 4.79 Å². The van der Waals surface area contributed by atoms with E-state index in [1.165, 1.54) is 33.1 Å². The molecule has 0 fully saturated rings. The second-order valence-electron chi connectivity index (χ2n) is 5.76. The highest BCUT2D eigenvalue weighted by atomic mass is 32.2. The maximum absolute atomic E-state index is 12.3. The van der Waals surface area contributed by atoms with Gasteiger partial charge >= 0.3 is 0 Å². The third kappa shape index (κ3) is 5.52. The van der Waals surface area contributed by atoms with E-state index in [0.717, 1.165) is 0 Å². The van der Waals surface area contributed by atoms with E-state index in [2.05, 4.69) is 20.3 Å². The van der Waals surface area contributed by atoms with Crippen LogP contribution in [0.15, 0.2) is 12.1 Å². The maximum Gasteiger partial charge on any atom is 0.234 e. The maximum atomic E-state index is 12.3. The van der Waals surface area contributed by atoms with Crippen molar-refractivity contribution in [1.29, 1.82) is 0 Å². The number of nitrogens with two attached hydrogens (primary N) is 1. The minimum atomic E-state index is -0.186. The first-order valence-electron chi connectivity index (χ1n) is 8.23. The van der Waals surface area contributed by atoms with Gasteiger partial charge in [0.05, 0.1) is 32.8 Å². The first kappa shape index (κ1) is 21.4. The first-order chi connectivity index (χ1) is 13.4. The summed E-state index contributed by atoms with van der Waals surface area (Å²) in [7, 11) is 8.18. The highest BCUT2D eigenvalue weighted by Gasteiger charge is 2.15. The molecule has 0 atom stereocenters. The van der Waals surface area contributed by atoms with Crippen molar-refractivity contribution in [3.05, 3.63) is 18.0 Å². The van der Waals surface area contributed by atoms with Crippen molar-refractivity contribution in [3.8, 4) is 17.2 Å². The molecule has 1 amide bonds. The Morgan fingerprint density at radius 3 is 2.29 bits per heavy atom. The Balaban J connectivity index is 1.98. The molecule has 152 valence electrons. The highest BCUT2D eigenvalue weighted by Crippen LogP contribution is 2.39. The summed E-state index contributed by atoms with van der Waals surface area (Å²) in [6, 6.07) is 3.33. The van der Waals surface area contributed by atoms with Crippen molar-refractivity contribution < 1.29 is 19.0 Å². The number of anilines is 3. The molecule has 0 aliphatic carbocycles. The first-order valence-corrected chi connectivity index (χ1v) is 9.38. The third-order valence-electron chi connectivity index (χ3n) is 3.50. The van der Waals surface area contributed by atoms with Gasteiger partial charge in [-0.3, -0.25) is 4.79 Å². The van der Waals surface area contributed by atoms with E-state index in [4.69, 9.17) is 19.9 Å². The molecule has 0 spiro atoms. The summed E-state index contributed by atoms with van der Waals surface area (Å²) in [4.78, 5) is 26.4. The summed E-state index contributed by atoms with van der Waals surface area (Å²) in [5, 5.41) is 2.81. The monoisotopic (exact) mass is 408 g/mol. The van der Waals surface area contributed by atoms with E-state index < -0.39 is 0 Å². The summed E-state index contributed by atoms with van der Waals surface area (Å²) in [5.74, 6) is 2.97. The van der Waals surface area contributed by atoms with Crippen LogP contribution in [0.25, 0.3) is 0 Å². The Hall–Kier alpha value is -2.95. The van der Waals surface area contributed by atoms with E-state index in [1.807, 2.05) is 14.1 Å². The molecular weight excluding hydrogens is 384 g/mol. The molecule has 28 heavy (non-hydrogen) atoms. The summed E-state index contributed by atoms with van der Waals surface area (Å²) < 4.78 is 15.8. The van der Waals surface area contributed by atoms with Crippen LogP contribution in [-0.4, -0.2) is 62.0 Å². The Kier molecular flexibility index (Phi) is 7.50. The number of thioether (sulfide) groups is 1. The quantitative estimate of drug-likeness (QED) is 0.629. The van der Waals surface area contributed by atoms with E-state index in [1.54, 1.807) is 17.0 Å². The lowest BCUT2D eigenvalue weighted by Crippen LogP contribution is -2.17. The molecule has 2 rings (SSSR count). The second-order valence-corrected chi connectivity index (χ2v) is 6.74. The molecular formula is C17H24N6O4S. The van der Waals surface area contributed by atoms with Gasteiger partial charge in [-0.15, -0.1) is 11.8 Å². The molecule has 10 nitrogen and oxygen atoms in total. The van der Waals surface area contributed by atoms with Gasteiger partial charge in [0, 0.05) is 31.9 Å². The SMILES string of the molecule is COc1cc(NC(=O)CSCc2nc(N)nc(N(C)C)n2)cc(OC)c1OC. The van der Waals surface area contributed by atoms with E-state index in [0.29, 0.717) is 40.5 Å². The lowest BCUT2D eigenvalue weighted by atomic mass is 10.2. The van der Waals surface area contributed by atoms with Gasteiger partial charge in [0.25, 0.3) is 0 Å². The normalized spacial score (nSPS) is 10.3. The van der Waals surface area contributed by atoms with Gasteiger partial charge in [-0.2, -0.15) is 15.0 Å². The lowest BCUT2D eigenvalue weighted by molar-refractivity contribution is -0.113. The van der Waals surface area contributed by atoms with Gasteiger partial charge in [0.1, 0.15) is 5.82 Å². The van der Waals surface area contributed by atoms with Crippen LogP contribution in [-0.2, 0) is 10.5 Å². The van der Waals surface area contributed by atoms with Gasteiger partial charge in [0.15, 0.2) is 11.5 Å². The number of nitrogen functional groups attached to an aromatic ring is 1. The molecule has 0 unspecified atom stereocenters. The largest absolute Gasteiger partial charge is 0.493 e. The number of rotatable bonds is 9. The summed E-state index contributed by atoms with van der Waals surface area (Å²) in [6.07, 6.45) is 0. The topological polar surface area (TPSA) is 125 Å². The van der Waals surface area contributed by atoms with Crippen molar-refractivity contribution in [2.24, 2.45) is 0 Å². The summed E-state index contributed by atoms with van der Waals surface area (Å²) >= 11 is 1.36. The molecule has 0 radical (unpaired) electrons. The van der Waals surface area contributed by atoms with Crippen LogP contribution in [0.2, 0.25) is 0 Å². The third-order valence-corrected chi connectivity index (χ3v) is 4.43. The zero-order valence-electron chi connectivity index (χ0n) is 16.5. The predicted octanol–water partition coefficient (Wildman–Crippen LogP) is 1.42. The minimum Gasteiger partial charge on any atom is -0.493 e. The molecule has 2 aromatic rings. The number of nitrogens with zero attached hydrogens (tertiary/aromatic N) is 4. The Labute approximate surface area is 167 Å². The number of carbonyl (C=O) groups is 1. The fourth-order valence-corrected chi connectivity index (χ4v) is 2.95. The smallest absolute Gasteiger partial charge is 0.234 e. The van der Waals surface area contributed by atoms with Crippen LogP contribution in [0.4, 0.5) is 17.6 Å². The number of hydrogen-bond acceptors (Lipinski definition) is 10. The van der Waals surface area contributed by atoms with Crippen LogP contribution in [0.3, 0.4) is 0 Å². The second kappa shape index (κ2) is 9.83. The summed E-state index contributed by atoms with van der Waals surface area (Å²) in [6.45, 7) is 0. The Morgan fingerprint density at radius 1 is 1.11 bits per heavy atom. The lowest BCUT2D eigenvalue weighted by Gasteiger charge is -2.14. The molecule has 1 aromatic carbocycles. The average Bonchev–Trinajstić information content (AvgIpc) is 2.66. The zero-order chi connectivity index (χ0) is 20.7. The van der Waals surface area contributed by atoms with Crippen LogP contribution >= 0.6 is 11.8 Å². The molecule has 0 saturated carbocycles. The van der Waals surface area contributed by atoms with Crippen molar-refractivity contribution in [2.45, 2.75) is 5.75 Å². The number of benzene rings is 1. The number of aromatic nitrogens is 3. The number of methoxy groups -OCH3 is 3. The number of hydrogen-bond donors (Lipinski definition) is 2. The fourth-order valence-electron chi connectivity index (χ4n) is 2.28. The van der Waals surface area contributed by atoms with Gasteiger partial charge < -0.3 is 30.2 Å². The predicted molar refractivity (Wildman–Crippen MR) is 109 cm³/mol. The standard InChI is InChI=1S/C17H24N6O4S/c1-23(2)17-21-13(20-16(18)22-17)8-28-9-14(24)19-10-6-11(25-3)15(27-5)12(7-10)26-4/h6-7H,8-9H2,1-5H3,(H,19,24)(H2,18,20,21,22). The summed E-state index contributed by atoms with van der Waals surface area (Å²) in [5.41, 5.74) is 6.24. The minimum absolute atomic E-state index is 0.149. The van der Waals surface area contributed by atoms with Crippen LogP contribution in [0, 0.1) is 0 Å². The number of amides is 1. The van der Waals surface area contributed by atoms with Crippen molar-refractivity contribution >= 4 is 35.3 Å². The fraction of sp³-hybridized carbons (Fsp3) is 0.412. The Morgan fingerprint density at radius 2 is 1.75 bits per heavy atom. The molecule has 3 N–H and O–H groups in total. The van der Waals surface area contributed by atoms with E-state index in [-0.39, 0.29) is 17.6 Å². The van der Waals surface area contributed by atoms with Gasteiger partial charge in [0.2, 0.25) is 23.6 Å². The van der Waals surface area contributed by atoms with Crippen molar-refractivity contribution in [2.75, 3.05) is 57.1 Å². The Bertz CT molecular complexity index is 808. The van der Waals surface area contributed by atoms with Crippen molar-refractivity contribution in [3.63, 3.8) is 0 Å². The molecule has 0 aliphatic heterocycles. The molecule has 0 aliphatic rings. The van der Waals surface area contributed by atoms with Gasteiger partial charge in [-0.1, -0.05) is 0 Å². The number of nitrogens with one attached hydrogen (secondary N) is 1. The molecule has 1 aromatic heterocycles. The highest BCUT2D eigenvalue weighted by molar-refractivity contribution is 7.99. The van der Waals surface area contributed by atoms with Crippen LogP contribution < -0.4 is 30.2 Å². The molecule has 1 heterocycles. The van der Waals surface area contributed by atoms with Crippen LogP contribution in [0.1, 0.15) is 5.82 Å². The van der Waals surface area contributed by atoms with Crippen molar-refractivity contribution in [1.82, 2.24) is 15.0 Å². The molecule has 0 saturated heterocycles. The zero-order valence-corrected chi connectivity index (χ0v) is 17.3. The average molecular weight is 408 g/mol. The van der Waals surface area contributed by atoms with E-state index >= 15 is 0 Å². The molecule has 0 bridgehead atoms. The van der Waals surface area contributed by atoms with Gasteiger partial charge in [-0.25, -0.2) is 0 Å². The number of carbonyl (C=O) groups excluding carboxylic acids is 1. The molecule has 11 heteroatoms. The van der Waals surface area contributed by atoms with Crippen LogP contribution in [0.5, 0.6) is 17.2 Å². The number of ether oxygens (including phenoxy) is 3.